The molecule has 0 aromatic heterocycles. The third-order valence-corrected chi connectivity index (χ3v) is 14.8. The molecule has 1 nitrogen and oxygen atoms in total. The van der Waals surface area contributed by atoms with E-state index in [0.29, 0.717) is 0 Å². The van der Waals surface area contributed by atoms with Crippen LogP contribution < -0.4 is 4.90 Å². The number of rotatable bonds is 5. The van der Waals surface area contributed by atoms with Gasteiger partial charge in [0.05, 0.1) is 11.1 Å². The van der Waals surface area contributed by atoms with Crippen molar-refractivity contribution in [2.24, 2.45) is 0 Å². The quantitative estimate of drug-likeness (QED) is 0.168. The van der Waals surface area contributed by atoms with Crippen molar-refractivity contribution < 1.29 is 1.37 Å². The van der Waals surface area contributed by atoms with E-state index in [-0.39, 0.29) is 5.41 Å². The average molecular weight is 787 g/mol. The monoisotopic (exact) mass is 786 g/mol. The Bertz CT molecular complexity index is 3070. The van der Waals surface area contributed by atoms with Crippen molar-refractivity contribution in [1.82, 2.24) is 0 Å². The number of fused-ring (bicyclic) bond motifs is 13. The predicted molar refractivity (Wildman–Crippen MR) is 256 cm³/mol. The molecular weight excluding hydrogens is 735 g/mol. The van der Waals surface area contributed by atoms with Crippen LogP contribution in [0.15, 0.2) is 170 Å². The fourth-order valence-electron chi connectivity index (χ4n) is 11.9. The average Bonchev–Trinajstić information content (AvgIpc) is 3.84. The molecule has 0 heterocycles. The second-order valence-electron chi connectivity index (χ2n) is 18.6. The van der Waals surface area contributed by atoms with Crippen LogP contribution in [0.4, 0.5) is 17.1 Å². The van der Waals surface area contributed by atoms with E-state index in [1.54, 1.807) is 0 Å². The topological polar surface area (TPSA) is 3.24 Å². The molecule has 0 N–H and O–H groups in total. The molecule has 4 aliphatic rings. The molecule has 0 radical (unpaired) electrons. The van der Waals surface area contributed by atoms with Crippen LogP contribution in [0.1, 0.15) is 103 Å². The van der Waals surface area contributed by atoms with Crippen LogP contribution in [-0.4, -0.2) is 0 Å². The van der Waals surface area contributed by atoms with E-state index in [9.17, 15) is 1.37 Å². The van der Waals surface area contributed by atoms with Crippen LogP contribution in [0.2, 0.25) is 0 Å². The molecule has 1 saturated carbocycles. The van der Waals surface area contributed by atoms with E-state index in [1.807, 2.05) is 0 Å². The van der Waals surface area contributed by atoms with Crippen molar-refractivity contribution in [3.8, 4) is 44.5 Å². The van der Waals surface area contributed by atoms with Gasteiger partial charge in [0, 0.05) is 23.7 Å². The summed E-state index contributed by atoms with van der Waals surface area (Å²) in [6.07, 6.45) is 5.38. The van der Waals surface area contributed by atoms with Gasteiger partial charge in [-0.3, -0.25) is 0 Å². The van der Waals surface area contributed by atoms with Gasteiger partial charge in [0.1, 0.15) is 0 Å². The van der Waals surface area contributed by atoms with Gasteiger partial charge in [-0.1, -0.05) is 184 Å². The Balaban J connectivity index is 1.10. The summed E-state index contributed by atoms with van der Waals surface area (Å²) in [5, 5.41) is 0. The highest BCUT2D eigenvalue weighted by Crippen LogP contribution is 2.64. The van der Waals surface area contributed by atoms with Gasteiger partial charge < -0.3 is 4.90 Å². The molecule has 1 fully saturated rings. The first-order valence-electron chi connectivity index (χ1n) is 22.9. The molecule has 0 bridgehead atoms. The number of aryl methyl sites for hydroxylation is 2. The number of hydrogen-bond donors (Lipinski definition) is 0. The molecule has 0 amide bonds. The van der Waals surface area contributed by atoms with Crippen molar-refractivity contribution in [3.63, 3.8) is 0 Å². The maximum absolute atomic E-state index is 9.40. The minimum atomic E-state index is -0.497. The number of nitrogens with zero attached hydrogens (tertiary/aromatic N) is 1. The largest absolute Gasteiger partial charge is 0.310 e. The zero-order valence-corrected chi connectivity index (χ0v) is 35.6. The number of hydrogen-bond acceptors (Lipinski definition) is 1. The molecule has 296 valence electrons. The van der Waals surface area contributed by atoms with Crippen molar-refractivity contribution in [2.75, 3.05) is 4.90 Å². The Hall–Kier alpha value is -6.44. The van der Waals surface area contributed by atoms with Crippen molar-refractivity contribution >= 4 is 17.1 Å². The molecule has 0 unspecified atom stereocenters. The molecule has 8 aromatic carbocycles. The highest BCUT2D eigenvalue weighted by molar-refractivity contribution is 5.98. The molecule has 1 spiro atoms. The van der Waals surface area contributed by atoms with Crippen molar-refractivity contribution in [3.05, 3.63) is 220 Å². The van der Waals surface area contributed by atoms with Crippen LogP contribution in [-0.2, 0) is 10.8 Å². The molecule has 1 heteroatoms. The van der Waals surface area contributed by atoms with E-state index >= 15 is 0 Å². The number of para-hydroxylation sites is 1. The minimum Gasteiger partial charge on any atom is -0.310 e. The number of anilines is 3. The minimum absolute atomic E-state index is 0.0896. The van der Waals surface area contributed by atoms with E-state index < -0.39 is 11.3 Å². The third-order valence-electron chi connectivity index (χ3n) is 14.8. The van der Waals surface area contributed by atoms with Gasteiger partial charge in [-0.2, -0.15) is 0 Å². The molecule has 0 atom stereocenters. The van der Waals surface area contributed by atoms with Crippen LogP contribution in [0.3, 0.4) is 0 Å². The Morgan fingerprint density at radius 1 is 0.443 bits per heavy atom. The second-order valence-corrected chi connectivity index (χ2v) is 18.6. The standard InChI is InChI=1S/C60H51N/c1-38-22-30-48-49-31-23-39(2)35-56(49)60(55(48)34-38)54-20-12-9-17-46(54)50-32-28-44(37-57(50)60)61(43-29-33-53-51(36-43)47-18-8-11-19-52(47)59(53,3)4)58-21-13-10-16-45(58)42-26-24-41(25-27-42)40-14-6-5-7-15-40/h8-13,16-37,40H,5-7,14-15H2,1-4H3/i40D. The zero-order chi connectivity index (χ0) is 42.0. The Labute approximate surface area is 362 Å². The maximum atomic E-state index is 9.40. The van der Waals surface area contributed by atoms with E-state index in [4.69, 9.17) is 0 Å². The highest BCUT2D eigenvalue weighted by atomic mass is 15.1. The molecule has 61 heavy (non-hydrogen) atoms. The third kappa shape index (κ3) is 5.26. The lowest BCUT2D eigenvalue weighted by Gasteiger charge is -2.33. The second kappa shape index (κ2) is 13.5. The molecule has 12 rings (SSSR count). The lowest BCUT2D eigenvalue weighted by Crippen LogP contribution is -2.26. The van der Waals surface area contributed by atoms with Crippen LogP contribution in [0.25, 0.3) is 44.5 Å². The van der Waals surface area contributed by atoms with Gasteiger partial charge >= 0.3 is 0 Å². The van der Waals surface area contributed by atoms with Gasteiger partial charge in [-0.05, 0) is 141 Å². The SMILES string of the molecule is [2H]C1(c2ccc(-c3ccccc3N(c3ccc4c(c3)-c3ccccc3C4(C)C)c3ccc4c(c3)C3(c5ccccc5-4)c4cc(C)ccc4-c4ccc(C)cc43)cc2)CCCCC1. The van der Waals surface area contributed by atoms with E-state index in [1.165, 1.54) is 89.9 Å². The fourth-order valence-corrected chi connectivity index (χ4v) is 11.9. The number of benzene rings is 8. The molecule has 0 aliphatic heterocycles. The summed E-state index contributed by atoms with van der Waals surface area (Å²) in [7, 11) is 0. The Morgan fingerprint density at radius 3 is 1.64 bits per heavy atom. The predicted octanol–water partition coefficient (Wildman–Crippen LogP) is 16.1. The van der Waals surface area contributed by atoms with Crippen molar-refractivity contribution in [1.29, 1.82) is 0 Å². The van der Waals surface area contributed by atoms with Crippen LogP contribution >= 0.6 is 0 Å². The van der Waals surface area contributed by atoms with Gasteiger partial charge in [-0.25, -0.2) is 0 Å². The maximum Gasteiger partial charge on any atom is 0.0726 e. The van der Waals surface area contributed by atoms with E-state index in [2.05, 4.69) is 202 Å². The van der Waals surface area contributed by atoms with Gasteiger partial charge in [-0.15, -0.1) is 0 Å². The van der Waals surface area contributed by atoms with Crippen LogP contribution in [0, 0.1) is 13.8 Å². The smallest absolute Gasteiger partial charge is 0.0726 e. The molecule has 0 saturated heterocycles. The van der Waals surface area contributed by atoms with Gasteiger partial charge in [0.25, 0.3) is 0 Å². The first-order chi connectivity index (χ1) is 30.2. The fraction of sp³-hybridized carbons (Fsp3) is 0.200. The molecule has 4 aliphatic carbocycles. The summed E-state index contributed by atoms with van der Waals surface area (Å²) in [6.45, 7) is 9.19. The summed E-state index contributed by atoms with van der Waals surface area (Å²) < 4.78 is 9.40. The summed E-state index contributed by atoms with van der Waals surface area (Å²) in [4.78, 5) is 2.52. The first-order valence-corrected chi connectivity index (χ1v) is 22.4. The lowest BCUT2D eigenvalue weighted by atomic mass is 9.70. The Morgan fingerprint density at radius 2 is 0.951 bits per heavy atom. The van der Waals surface area contributed by atoms with Crippen LogP contribution in [0.5, 0.6) is 0 Å². The normalized spacial score (nSPS) is 16.8. The van der Waals surface area contributed by atoms with Crippen molar-refractivity contribution in [2.45, 2.75) is 76.5 Å². The van der Waals surface area contributed by atoms with E-state index in [0.717, 1.165) is 53.9 Å². The highest BCUT2D eigenvalue weighted by Gasteiger charge is 2.52. The Kier molecular flexibility index (Phi) is 7.84. The first kappa shape index (κ1) is 35.3. The zero-order valence-electron chi connectivity index (χ0n) is 36.6. The summed E-state index contributed by atoms with van der Waals surface area (Å²) >= 11 is 0. The summed E-state index contributed by atoms with van der Waals surface area (Å²) in [5.41, 5.74) is 24.9. The summed E-state index contributed by atoms with van der Waals surface area (Å²) in [5.74, 6) is -0.497. The van der Waals surface area contributed by atoms with Gasteiger partial charge in [0.15, 0.2) is 0 Å². The lowest BCUT2D eigenvalue weighted by molar-refractivity contribution is 0.443. The summed E-state index contributed by atoms with van der Waals surface area (Å²) in [6, 6.07) is 64.7. The van der Waals surface area contributed by atoms with Gasteiger partial charge in [0.2, 0.25) is 0 Å². The molecular formula is C60H51N. The molecule has 8 aromatic rings.